The van der Waals surface area contributed by atoms with Gasteiger partial charge in [0.15, 0.2) is 6.61 Å². The van der Waals surface area contributed by atoms with Gasteiger partial charge in [-0.15, -0.1) is 0 Å². The molecule has 0 atom stereocenters. The number of carbonyl (C=O) groups excluding carboxylic acids is 2. The van der Waals surface area contributed by atoms with Crippen molar-refractivity contribution in [2.24, 2.45) is 0 Å². The molecule has 0 heterocycles. The maximum absolute atomic E-state index is 12.0. The van der Waals surface area contributed by atoms with Crippen LogP contribution in [-0.4, -0.2) is 39.7 Å². The molecule has 0 bridgehead atoms. The number of para-hydroxylation sites is 1. The van der Waals surface area contributed by atoms with Crippen molar-refractivity contribution in [1.29, 1.82) is 0 Å². The molecule has 0 aliphatic heterocycles. The molecule has 25 heavy (non-hydrogen) atoms. The van der Waals surface area contributed by atoms with E-state index >= 15 is 0 Å². The molecule has 0 saturated carbocycles. The number of methoxy groups -OCH3 is 1. The average molecular weight is 342 g/mol. The second kappa shape index (κ2) is 8.73. The van der Waals surface area contributed by atoms with E-state index in [9.17, 15) is 9.59 Å². The minimum absolute atomic E-state index is 0.304. The van der Waals surface area contributed by atoms with Crippen LogP contribution in [0.4, 0.5) is 5.69 Å². The first kappa shape index (κ1) is 18.3. The largest absolute Gasteiger partial charge is 0.496 e. The number of hydrogen-bond acceptors (Lipinski definition) is 5. The summed E-state index contributed by atoms with van der Waals surface area (Å²) >= 11 is 0. The molecule has 1 N–H and O–H groups in total. The number of hydrogen-bond donors (Lipinski definition) is 1. The Morgan fingerprint density at radius 2 is 1.72 bits per heavy atom. The van der Waals surface area contributed by atoms with Gasteiger partial charge in [0.05, 0.1) is 12.7 Å². The van der Waals surface area contributed by atoms with Crippen LogP contribution in [0, 0.1) is 0 Å². The van der Waals surface area contributed by atoms with Gasteiger partial charge in [-0.25, -0.2) is 4.79 Å². The Morgan fingerprint density at radius 3 is 2.36 bits per heavy atom. The standard InChI is InChI=1S/C19H22N2O4/c1-21(2)16-10-8-14(9-11-16)19(23)25-13-18(22)20-12-15-6-4-5-7-17(15)24-3/h4-11H,12-13H2,1-3H3,(H,20,22). The van der Waals surface area contributed by atoms with Gasteiger partial charge in [-0.1, -0.05) is 18.2 Å². The lowest BCUT2D eigenvalue weighted by Gasteiger charge is -2.12. The van der Waals surface area contributed by atoms with Crippen LogP contribution in [0.2, 0.25) is 0 Å². The van der Waals surface area contributed by atoms with Crippen LogP contribution in [0.15, 0.2) is 48.5 Å². The molecule has 0 aromatic heterocycles. The highest BCUT2D eigenvalue weighted by atomic mass is 16.5. The van der Waals surface area contributed by atoms with Crippen molar-refractivity contribution in [1.82, 2.24) is 5.32 Å². The summed E-state index contributed by atoms with van der Waals surface area (Å²) in [7, 11) is 5.41. The number of esters is 1. The Balaban J connectivity index is 1.82. The van der Waals surface area contributed by atoms with Gasteiger partial charge in [0.2, 0.25) is 0 Å². The molecule has 0 aliphatic rings. The first-order chi connectivity index (χ1) is 12.0. The molecule has 132 valence electrons. The Bertz CT molecular complexity index is 726. The Kier molecular flexibility index (Phi) is 6.39. The summed E-state index contributed by atoms with van der Waals surface area (Å²) in [4.78, 5) is 25.8. The third-order valence-electron chi connectivity index (χ3n) is 3.62. The molecule has 0 unspecified atom stereocenters. The fourth-order valence-electron chi connectivity index (χ4n) is 2.20. The topological polar surface area (TPSA) is 67.9 Å². The molecule has 0 spiro atoms. The molecular formula is C19H22N2O4. The van der Waals surface area contributed by atoms with Crippen LogP contribution in [-0.2, 0) is 16.1 Å². The third-order valence-corrected chi connectivity index (χ3v) is 3.62. The molecule has 6 nitrogen and oxygen atoms in total. The van der Waals surface area contributed by atoms with Crippen LogP contribution in [0.1, 0.15) is 15.9 Å². The first-order valence-electron chi connectivity index (χ1n) is 7.84. The van der Waals surface area contributed by atoms with E-state index in [1.807, 2.05) is 55.4 Å². The molecule has 2 aromatic carbocycles. The maximum atomic E-state index is 12.0. The van der Waals surface area contributed by atoms with Gasteiger partial charge < -0.3 is 19.7 Å². The van der Waals surface area contributed by atoms with Crippen molar-refractivity contribution in [2.45, 2.75) is 6.54 Å². The highest BCUT2D eigenvalue weighted by molar-refractivity contribution is 5.91. The fourth-order valence-corrected chi connectivity index (χ4v) is 2.20. The smallest absolute Gasteiger partial charge is 0.338 e. The Labute approximate surface area is 147 Å². The van der Waals surface area contributed by atoms with Crippen LogP contribution in [0.25, 0.3) is 0 Å². The lowest BCUT2D eigenvalue weighted by molar-refractivity contribution is -0.124. The monoisotopic (exact) mass is 342 g/mol. The zero-order valence-corrected chi connectivity index (χ0v) is 14.6. The van der Waals surface area contributed by atoms with Gasteiger partial charge in [0.25, 0.3) is 5.91 Å². The number of nitrogens with zero attached hydrogens (tertiary/aromatic N) is 1. The van der Waals surface area contributed by atoms with Gasteiger partial charge in [0, 0.05) is 31.9 Å². The van der Waals surface area contributed by atoms with E-state index in [1.54, 1.807) is 19.2 Å². The van der Waals surface area contributed by atoms with Crippen molar-refractivity contribution < 1.29 is 19.1 Å². The number of anilines is 1. The summed E-state index contributed by atoms with van der Waals surface area (Å²) in [6, 6.07) is 14.4. The predicted molar refractivity (Wildman–Crippen MR) is 95.9 cm³/mol. The molecule has 0 aliphatic carbocycles. The second-order valence-electron chi connectivity index (χ2n) is 5.61. The Hall–Kier alpha value is -3.02. The van der Waals surface area contributed by atoms with Gasteiger partial charge in [-0.3, -0.25) is 4.79 Å². The lowest BCUT2D eigenvalue weighted by Crippen LogP contribution is -2.28. The normalized spacial score (nSPS) is 10.0. The summed E-state index contributed by atoms with van der Waals surface area (Å²) < 4.78 is 10.3. The summed E-state index contributed by atoms with van der Waals surface area (Å²) in [6.07, 6.45) is 0. The predicted octanol–water partition coefficient (Wildman–Crippen LogP) is 2.23. The summed E-state index contributed by atoms with van der Waals surface area (Å²) in [5, 5.41) is 2.70. The summed E-state index contributed by atoms with van der Waals surface area (Å²) in [6.45, 7) is -0.0264. The third kappa shape index (κ3) is 5.24. The van der Waals surface area contributed by atoms with Crippen molar-refractivity contribution in [3.05, 3.63) is 59.7 Å². The van der Waals surface area contributed by atoms with Crippen molar-refractivity contribution in [2.75, 3.05) is 32.7 Å². The van der Waals surface area contributed by atoms with E-state index in [2.05, 4.69) is 5.32 Å². The molecule has 0 radical (unpaired) electrons. The van der Waals surface area contributed by atoms with Crippen molar-refractivity contribution in [3.8, 4) is 5.75 Å². The highest BCUT2D eigenvalue weighted by Crippen LogP contribution is 2.16. The van der Waals surface area contributed by atoms with Crippen molar-refractivity contribution in [3.63, 3.8) is 0 Å². The molecule has 6 heteroatoms. The van der Waals surface area contributed by atoms with E-state index in [-0.39, 0.29) is 12.5 Å². The van der Waals surface area contributed by atoms with E-state index in [0.29, 0.717) is 17.9 Å². The van der Waals surface area contributed by atoms with E-state index in [4.69, 9.17) is 9.47 Å². The van der Waals surface area contributed by atoms with Gasteiger partial charge in [-0.05, 0) is 30.3 Å². The van der Waals surface area contributed by atoms with Crippen molar-refractivity contribution >= 4 is 17.6 Å². The number of ether oxygens (including phenoxy) is 2. The summed E-state index contributed by atoms with van der Waals surface area (Å²) in [5.41, 5.74) is 2.23. The van der Waals surface area contributed by atoms with Gasteiger partial charge in [0.1, 0.15) is 5.75 Å². The van der Waals surface area contributed by atoms with Crippen LogP contribution >= 0.6 is 0 Å². The molecule has 0 saturated heterocycles. The number of carbonyl (C=O) groups is 2. The zero-order valence-electron chi connectivity index (χ0n) is 14.6. The second-order valence-corrected chi connectivity index (χ2v) is 5.61. The minimum Gasteiger partial charge on any atom is -0.496 e. The average Bonchev–Trinajstić information content (AvgIpc) is 2.64. The summed E-state index contributed by atoms with van der Waals surface area (Å²) in [5.74, 6) is -0.206. The quantitative estimate of drug-likeness (QED) is 0.782. The number of amides is 1. The van der Waals surface area contributed by atoms with Crippen LogP contribution < -0.4 is 15.0 Å². The van der Waals surface area contributed by atoms with E-state index in [0.717, 1.165) is 11.3 Å². The first-order valence-corrected chi connectivity index (χ1v) is 7.84. The highest BCUT2D eigenvalue weighted by Gasteiger charge is 2.11. The van der Waals surface area contributed by atoms with Crippen LogP contribution in [0.5, 0.6) is 5.75 Å². The maximum Gasteiger partial charge on any atom is 0.338 e. The SMILES string of the molecule is COc1ccccc1CNC(=O)COC(=O)c1ccc(N(C)C)cc1. The molecular weight excluding hydrogens is 320 g/mol. The fraction of sp³-hybridized carbons (Fsp3) is 0.263. The number of rotatable bonds is 7. The molecule has 0 fully saturated rings. The number of benzene rings is 2. The van der Waals surface area contributed by atoms with Gasteiger partial charge in [-0.2, -0.15) is 0 Å². The minimum atomic E-state index is -0.530. The molecule has 1 amide bonds. The number of nitrogens with one attached hydrogen (secondary N) is 1. The lowest BCUT2D eigenvalue weighted by atomic mass is 10.2. The van der Waals surface area contributed by atoms with E-state index in [1.165, 1.54) is 0 Å². The Morgan fingerprint density at radius 1 is 1.04 bits per heavy atom. The van der Waals surface area contributed by atoms with Gasteiger partial charge >= 0.3 is 5.97 Å². The zero-order chi connectivity index (χ0) is 18.2. The molecule has 2 aromatic rings. The van der Waals surface area contributed by atoms with Crippen LogP contribution in [0.3, 0.4) is 0 Å². The molecule has 2 rings (SSSR count). The van der Waals surface area contributed by atoms with E-state index < -0.39 is 5.97 Å².